The van der Waals surface area contributed by atoms with E-state index in [0.29, 0.717) is 12.2 Å². The highest BCUT2D eigenvalue weighted by Crippen LogP contribution is 2.36. The molecule has 0 bridgehead atoms. The van der Waals surface area contributed by atoms with E-state index in [1.54, 1.807) is 18.7 Å². The van der Waals surface area contributed by atoms with Gasteiger partial charge in [-0.05, 0) is 26.0 Å². The summed E-state index contributed by atoms with van der Waals surface area (Å²) in [6, 6.07) is 7.45. The number of hydrogen-bond donors (Lipinski definition) is 2. The zero-order valence-electron chi connectivity index (χ0n) is 13.1. The summed E-state index contributed by atoms with van der Waals surface area (Å²) in [5, 5.41) is 6.16. The van der Waals surface area contributed by atoms with Crippen molar-refractivity contribution in [1.82, 2.24) is 10.2 Å². The maximum absolute atomic E-state index is 12.9. The van der Waals surface area contributed by atoms with E-state index >= 15 is 0 Å². The van der Waals surface area contributed by atoms with Crippen LogP contribution in [0.25, 0.3) is 0 Å². The Balaban J connectivity index is 1.88. The van der Waals surface area contributed by atoms with Gasteiger partial charge in [-0.2, -0.15) is 0 Å². The number of fused-ring (bicyclic) bond motifs is 1. The molecule has 0 aliphatic carbocycles. The number of nitrogens with one attached hydrogen (secondary N) is 2. The van der Waals surface area contributed by atoms with E-state index in [4.69, 9.17) is 0 Å². The quantitative estimate of drug-likeness (QED) is 0.842. The average molecular weight is 302 g/mol. The lowest BCUT2D eigenvalue weighted by Crippen LogP contribution is -2.60. The summed E-state index contributed by atoms with van der Waals surface area (Å²) < 4.78 is 0. The smallest absolute Gasteiger partial charge is 0.250 e. The molecule has 0 atom stereocenters. The molecule has 1 fully saturated rings. The fraction of sp³-hybridized carbons (Fsp3) is 0.500. The minimum Gasteiger partial charge on any atom is -0.322 e. The molecule has 118 valence electrons. The first kappa shape index (κ1) is 15.0. The Morgan fingerprint density at radius 2 is 1.91 bits per heavy atom. The molecule has 0 unspecified atom stereocenters. The van der Waals surface area contributed by atoms with E-state index in [2.05, 4.69) is 15.5 Å². The van der Waals surface area contributed by atoms with Crippen LogP contribution >= 0.6 is 0 Å². The molecule has 3 rings (SSSR count). The van der Waals surface area contributed by atoms with Gasteiger partial charge in [0.25, 0.3) is 0 Å². The molecule has 2 aliphatic heterocycles. The monoisotopic (exact) mass is 302 g/mol. The first-order valence-corrected chi connectivity index (χ1v) is 7.67. The number of hydrogen-bond acceptors (Lipinski definition) is 4. The van der Waals surface area contributed by atoms with E-state index in [-0.39, 0.29) is 11.8 Å². The Bertz CT molecular complexity index is 594. The molecule has 0 aromatic heterocycles. The van der Waals surface area contributed by atoms with Gasteiger partial charge in [-0.15, -0.1) is 0 Å². The van der Waals surface area contributed by atoms with E-state index in [1.807, 2.05) is 24.3 Å². The fourth-order valence-electron chi connectivity index (χ4n) is 3.03. The van der Waals surface area contributed by atoms with Crippen LogP contribution in [-0.2, 0) is 9.59 Å². The van der Waals surface area contributed by atoms with E-state index in [9.17, 15) is 9.59 Å². The highest BCUT2D eigenvalue weighted by Gasteiger charge is 2.43. The van der Waals surface area contributed by atoms with Crippen molar-refractivity contribution >= 4 is 23.2 Å². The summed E-state index contributed by atoms with van der Waals surface area (Å²) in [4.78, 5) is 29.0. The largest absolute Gasteiger partial charge is 0.322 e. The molecular formula is C16H22N4O2. The molecule has 0 radical (unpaired) electrons. The Hall–Kier alpha value is -1.92. The van der Waals surface area contributed by atoms with Crippen molar-refractivity contribution in [2.24, 2.45) is 0 Å². The van der Waals surface area contributed by atoms with Crippen molar-refractivity contribution in [2.45, 2.75) is 19.4 Å². The number of benzene rings is 1. The first-order chi connectivity index (χ1) is 10.5. The lowest BCUT2D eigenvalue weighted by molar-refractivity contribution is -0.127. The molecule has 1 saturated heterocycles. The lowest BCUT2D eigenvalue weighted by atomic mass is 9.96. The maximum atomic E-state index is 12.9. The van der Waals surface area contributed by atoms with Crippen molar-refractivity contribution in [2.75, 3.05) is 42.9 Å². The Morgan fingerprint density at radius 3 is 2.64 bits per heavy atom. The van der Waals surface area contributed by atoms with Crippen molar-refractivity contribution < 1.29 is 9.59 Å². The molecule has 1 aromatic carbocycles. The van der Waals surface area contributed by atoms with Crippen LogP contribution in [-0.4, -0.2) is 55.0 Å². The second-order valence-electron chi connectivity index (χ2n) is 6.29. The zero-order valence-corrected chi connectivity index (χ0v) is 13.1. The van der Waals surface area contributed by atoms with Gasteiger partial charge in [-0.25, -0.2) is 0 Å². The number of nitrogens with zero attached hydrogens (tertiary/aromatic N) is 2. The Labute approximate surface area is 130 Å². The van der Waals surface area contributed by atoms with Crippen LogP contribution in [0.5, 0.6) is 0 Å². The van der Waals surface area contributed by atoms with Gasteiger partial charge in [0.1, 0.15) is 5.54 Å². The molecule has 2 N–H and O–H groups in total. The SMILES string of the molecule is CC1(C)C(=O)Nc2ccccc2N1C(=O)CN1CCNCC1. The molecule has 0 spiro atoms. The van der Waals surface area contributed by atoms with Crippen LogP contribution in [0, 0.1) is 0 Å². The van der Waals surface area contributed by atoms with Crippen LogP contribution in [0.3, 0.4) is 0 Å². The number of rotatable bonds is 2. The second-order valence-corrected chi connectivity index (χ2v) is 6.29. The second kappa shape index (κ2) is 5.70. The van der Waals surface area contributed by atoms with E-state index in [1.165, 1.54) is 0 Å². The topological polar surface area (TPSA) is 64.7 Å². The van der Waals surface area contributed by atoms with Gasteiger partial charge in [-0.3, -0.25) is 19.4 Å². The van der Waals surface area contributed by atoms with Crippen molar-refractivity contribution in [3.63, 3.8) is 0 Å². The van der Waals surface area contributed by atoms with E-state index in [0.717, 1.165) is 31.9 Å². The molecule has 2 amide bonds. The molecule has 1 aromatic rings. The molecular weight excluding hydrogens is 280 g/mol. The molecule has 2 heterocycles. The number of amides is 2. The summed E-state index contributed by atoms with van der Waals surface area (Å²) in [7, 11) is 0. The highest BCUT2D eigenvalue weighted by atomic mass is 16.2. The number of para-hydroxylation sites is 2. The van der Waals surface area contributed by atoms with Gasteiger partial charge in [0, 0.05) is 26.2 Å². The highest BCUT2D eigenvalue weighted by molar-refractivity contribution is 6.14. The summed E-state index contributed by atoms with van der Waals surface area (Å²) in [5.74, 6) is -0.186. The van der Waals surface area contributed by atoms with Crippen LogP contribution in [0.1, 0.15) is 13.8 Å². The van der Waals surface area contributed by atoms with Crippen LogP contribution in [0.15, 0.2) is 24.3 Å². The summed E-state index contributed by atoms with van der Waals surface area (Å²) in [6.07, 6.45) is 0. The van der Waals surface area contributed by atoms with Gasteiger partial charge >= 0.3 is 0 Å². The fourth-order valence-corrected chi connectivity index (χ4v) is 3.03. The number of anilines is 2. The molecule has 22 heavy (non-hydrogen) atoms. The lowest BCUT2D eigenvalue weighted by Gasteiger charge is -2.43. The molecule has 6 heteroatoms. The van der Waals surface area contributed by atoms with Crippen molar-refractivity contribution in [3.05, 3.63) is 24.3 Å². The van der Waals surface area contributed by atoms with Gasteiger partial charge in [-0.1, -0.05) is 12.1 Å². The van der Waals surface area contributed by atoms with Crippen LogP contribution < -0.4 is 15.5 Å². The Kier molecular flexibility index (Phi) is 3.88. The number of piperazine rings is 1. The van der Waals surface area contributed by atoms with Gasteiger partial charge in [0.2, 0.25) is 11.8 Å². The van der Waals surface area contributed by atoms with Gasteiger partial charge in [0.05, 0.1) is 17.9 Å². The molecule has 0 saturated carbocycles. The predicted molar refractivity (Wildman–Crippen MR) is 85.9 cm³/mol. The maximum Gasteiger partial charge on any atom is 0.250 e. The predicted octanol–water partition coefficient (Wildman–Crippen LogP) is 0.656. The third-order valence-corrected chi connectivity index (χ3v) is 4.33. The van der Waals surface area contributed by atoms with Gasteiger partial charge < -0.3 is 10.6 Å². The number of carbonyl (C=O) groups excluding carboxylic acids is 2. The standard InChI is InChI=1S/C16H22N4O2/c1-16(2)15(22)18-12-5-3-4-6-13(12)20(16)14(21)11-19-9-7-17-8-10-19/h3-6,17H,7-11H2,1-2H3,(H,18,22). The van der Waals surface area contributed by atoms with Crippen LogP contribution in [0.4, 0.5) is 11.4 Å². The zero-order chi connectivity index (χ0) is 15.7. The third kappa shape index (κ3) is 2.60. The minimum absolute atomic E-state index is 0.0331. The normalized spacial score (nSPS) is 21.2. The average Bonchev–Trinajstić information content (AvgIpc) is 2.49. The Morgan fingerprint density at radius 1 is 1.23 bits per heavy atom. The first-order valence-electron chi connectivity index (χ1n) is 7.67. The summed E-state index contributed by atoms with van der Waals surface area (Å²) in [5.41, 5.74) is 0.576. The van der Waals surface area contributed by atoms with Crippen LogP contribution in [0.2, 0.25) is 0 Å². The molecule has 2 aliphatic rings. The molecule has 6 nitrogen and oxygen atoms in total. The van der Waals surface area contributed by atoms with E-state index < -0.39 is 5.54 Å². The summed E-state index contributed by atoms with van der Waals surface area (Å²) in [6.45, 7) is 7.41. The minimum atomic E-state index is -0.889. The van der Waals surface area contributed by atoms with Crippen molar-refractivity contribution in [3.8, 4) is 0 Å². The summed E-state index contributed by atoms with van der Waals surface area (Å²) >= 11 is 0. The third-order valence-electron chi connectivity index (χ3n) is 4.33. The number of carbonyl (C=O) groups is 2. The van der Waals surface area contributed by atoms with Gasteiger partial charge in [0.15, 0.2) is 0 Å². The van der Waals surface area contributed by atoms with Crippen molar-refractivity contribution in [1.29, 1.82) is 0 Å².